The average Bonchev–Trinajstić information content (AvgIpc) is 2.49. The molecule has 0 amide bonds. The second kappa shape index (κ2) is 6.82. The fraction of sp³-hybridized carbons (Fsp3) is 0. The van der Waals surface area contributed by atoms with E-state index in [2.05, 4.69) is 15.9 Å². The number of hydrogen-bond acceptors (Lipinski definition) is 3. The van der Waals surface area contributed by atoms with Gasteiger partial charge in [0.2, 0.25) is 0 Å². The van der Waals surface area contributed by atoms with Crippen LogP contribution in [0.4, 0.5) is 0 Å². The standard InChI is InChI=1S/C16H11BrO3/c17-10-9-12-1-5-14(6-2-12)16(19)20-15-7-3-13(11-18)4-8-15/h1-11H/b10-9+. The van der Waals surface area contributed by atoms with Crippen molar-refractivity contribution in [2.75, 3.05) is 0 Å². The van der Waals surface area contributed by atoms with Crippen LogP contribution in [0.3, 0.4) is 0 Å². The molecule has 0 aromatic heterocycles. The van der Waals surface area contributed by atoms with Crippen LogP contribution in [-0.2, 0) is 0 Å². The molecule has 0 radical (unpaired) electrons. The van der Waals surface area contributed by atoms with Crippen LogP contribution in [0.5, 0.6) is 5.75 Å². The maximum atomic E-state index is 11.9. The molecule has 0 atom stereocenters. The van der Waals surface area contributed by atoms with Gasteiger partial charge in [0.15, 0.2) is 0 Å². The third kappa shape index (κ3) is 3.65. The highest BCUT2D eigenvalue weighted by Crippen LogP contribution is 2.14. The number of benzene rings is 2. The highest BCUT2D eigenvalue weighted by molar-refractivity contribution is 9.11. The molecule has 0 N–H and O–H groups in total. The van der Waals surface area contributed by atoms with Gasteiger partial charge in [0.25, 0.3) is 0 Å². The van der Waals surface area contributed by atoms with Crippen LogP contribution in [0.2, 0.25) is 0 Å². The lowest BCUT2D eigenvalue weighted by Gasteiger charge is -2.04. The molecule has 0 saturated heterocycles. The zero-order valence-corrected chi connectivity index (χ0v) is 12.0. The molecule has 4 heteroatoms. The molecule has 2 rings (SSSR count). The van der Waals surface area contributed by atoms with Crippen LogP contribution in [0.15, 0.2) is 53.5 Å². The molecule has 0 bridgehead atoms. The van der Waals surface area contributed by atoms with E-state index in [1.807, 2.05) is 18.2 Å². The van der Waals surface area contributed by atoms with Crippen molar-refractivity contribution in [3.05, 3.63) is 70.2 Å². The van der Waals surface area contributed by atoms with Crippen molar-refractivity contribution >= 4 is 34.3 Å². The van der Waals surface area contributed by atoms with Gasteiger partial charge in [-0.1, -0.05) is 28.1 Å². The second-order valence-electron chi connectivity index (χ2n) is 3.99. The Morgan fingerprint density at radius 2 is 1.55 bits per heavy atom. The molecule has 0 fully saturated rings. The first kappa shape index (κ1) is 14.2. The Balaban J connectivity index is 2.08. The number of carbonyl (C=O) groups is 2. The zero-order chi connectivity index (χ0) is 14.4. The van der Waals surface area contributed by atoms with Crippen LogP contribution >= 0.6 is 15.9 Å². The SMILES string of the molecule is O=Cc1ccc(OC(=O)c2ccc(/C=C/Br)cc2)cc1. The number of ether oxygens (including phenoxy) is 1. The van der Waals surface area contributed by atoms with E-state index in [9.17, 15) is 9.59 Å². The molecule has 0 aliphatic carbocycles. The first-order chi connectivity index (χ1) is 9.72. The Hall–Kier alpha value is -2.20. The minimum absolute atomic E-state index is 0.407. The highest BCUT2D eigenvalue weighted by atomic mass is 79.9. The number of hydrogen-bond donors (Lipinski definition) is 0. The van der Waals surface area contributed by atoms with Gasteiger partial charge in [-0.2, -0.15) is 0 Å². The summed E-state index contributed by atoms with van der Waals surface area (Å²) in [5.74, 6) is -0.0248. The van der Waals surface area contributed by atoms with Gasteiger partial charge in [-0.25, -0.2) is 4.79 Å². The van der Waals surface area contributed by atoms with Crippen molar-refractivity contribution in [1.82, 2.24) is 0 Å². The molecule has 0 heterocycles. The Morgan fingerprint density at radius 3 is 2.10 bits per heavy atom. The third-order valence-corrected chi connectivity index (χ3v) is 2.89. The van der Waals surface area contributed by atoms with E-state index < -0.39 is 5.97 Å². The van der Waals surface area contributed by atoms with Crippen molar-refractivity contribution < 1.29 is 14.3 Å². The van der Waals surface area contributed by atoms with E-state index in [-0.39, 0.29) is 0 Å². The first-order valence-electron chi connectivity index (χ1n) is 5.87. The number of aldehydes is 1. The van der Waals surface area contributed by atoms with Crippen LogP contribution < -0.4 is 4.74 Å². The normalized spacial score (nSPS) is 10.4. The quantitative estimate of drug-likeness (QED) is 0.482. The molecule has 100 valence electrons. The maximum Gasteiger partial charge on any atom is 0.343 e. The molecule has 3 nitrogen and oxygen atoms in total. The molecule has 2 aromatic rings. The fourth-order valence-electron chi connectivity index (χ4n) is 1.58. The van der Waals surface area contributed by atoms with Crippen molar-refractivity contribution in [1.29, 1.82) is 0 Å². The van der Waals surface area contributed by atoms with E-state index in [1.54, 1.807) is 41.4 Å². The van der Waals surface area contributed by atoms with E-state index in [0.717, 1.165) is 11.8 Å². The Morgan fingerprint density at radius 1 is 0.950 bits per heavy atom. The molecule has 0 spiro atoms. The van der Waals surface area contributed by atoms with Crippen molar-refractivity contribution in [3.63, 3.8) is 0 Å². The molecule has 20 heavy (non-hydrogen) atoms. The fourth-order valence-corrected chi connectivity index (χ4v) is 1.89. The second-order valence-corrected chi connectivity index (χ2v) is 4.52. The van der Waals surface area contributed by atoms with Crippen LogP contribution in [0, 0.1) is 0 Å². The van der Waals surface area contributed by atoms with Crippen LogP contribution in [0.25, 0.3) is 6.08 Å². The molecule has 0 saturated carbocycles. The minimum Gasteiger partial charge on any atom is -0.423 e. The Labute approximate surface area is 125 Å². The monoisotopic (exact) mass is 330 g/mol. The van der Waals surface area contributed by atoms with Gasteiger partial charge in [0, 0.05) is 5.56 Å². The van der Waals surface area contributed by atoms with Gasteiger partial charge < -0.3 is 4.74 Å². The van der Waals surface area contributed by atoms with E-state index in [1.165, 1.54) is 0 Å². The molecule has 0 unspecified atom stereocenters. The number of carbonyl (C=O) groups excluding carboxylic acids is 2. The van der Waals surface area contributed by atoms with Gasteiger partial charge in [-0.05, 0) is 53.0 Å². The summed E-state index contributed by atoms with van der Waals surface area (Å²) in [4.78, 5) is 24.2. The summed E-state index contributed by atoms with van der Waals surface area (Å²) >= 11 is 3.19. The smallest absolute Gasteiger partial charge is 0.343 e. The number of rotatable bonds is 4. The van der Waals surface area contributed by atoms with Gasteiger partial charge in [-0.3, -0.25) is 4.79 Å². The highest BCUT2D eigenvalue weighted by Gasteiger charge is 2.08. The van der Waals surface area contributed by atoms with Crippen LogP contribution in [0.1, 0.15) is 26.3 Å². The lowest BCUT2D eigenvalue weighted by Crippen LogP contribution is -2.08. The van der Waals surface area contributed by atoms with Gasteiger partial charge in [0.05, 0.1) is 5.56 Å². The summed E-state index contributed by atoms with van der Waals surface area (Å²) in [6.45, 7) is 0. The average molecular weight is 331 g/mol. The molecule has 0 aliphatic rings. The lowest BCUT2D eigenvalue weighted by atomic mass is 10.1. The topological polar surface area (TPSA) is 43.4 Å². The summed E-state index contributed by atoms with van der Waals surface area (Å²) in [6.07, 6.45) is 2.61. The van der Waals surface area contributed by atoms with E-state index in [4.69, 9.17) is 4.74 Å². The summed E-state index contributed by atoms with van der Waals surface area (Å²) in [6, 6.07) is 13.4. The first-order valence-corrected chi connectivity index (χ1v) is 6.79. The van der Waals surface area contributed by atoms with Crippen molar-refractivity contribution in [2.45, 2.75) is 0 Å². The van der Waals surface area contributed by atoms with Gasteiger partial charge in [-0.15, -0.1) is 0 Å². The third-order valence-electron chi connectivity index (χ3n) is 2.63. The zero-order valence-electron chi connectivity index (χ0n) is 10.5. The minimum atomic E-state index is -0.432. The lowest BCUT2D eigenvalue weighted by molar-refractivity contribution is 0.0734. The van der Waals surface area contributed by atoms with Gasteiger partial charge in [0.1, 0.15) is 12.0 Å². The van der Waals surface area contributed by atoms with Crippen molar-refractivity contribution in [3.8, 4) is 5.75 Å². The maximum absolute atomic E-state index is 11.9. The molecular formula is C16H11BrO3. The van der Waals surface area contributed by atoms with E-state index in [0.29, 0.717) is 16.9 Å². The Kier molecular flexibility index (Phi) is 4.85. The van der Waals surface area contributed by atoms with Crippen molar-refractivity contribution in [2.24, 2.45) is 0 Å². The largest absolute Gasteiger partial charge is 0.423 e. The summed E-state index contributed by atoms with van der Waals surface area (Å²) in [7, 11) is 0. The predicted molar refractivity (Wildman–Crippen MR) is 81.2 cm³/mol. The molecular weight excluding hydrogens is 320 g/mol. The molecule has 2 aromatic carbocycles. The van der Waals surface area contributed by atoms with Gasteiger partial charge >= 0.3 is 5.97 Å². The van der Waals surface area contributed by atoms with Crippen LogP contribution in [-0.4, -0.2) is 12.3 Å². The summed E-state index contributed by atoms with van der Waals surface area (Å²) in [5, 5.41) is 0. The summed E-state index contributed by atoms with van der Waals surface area (Å²) < 4.78 is 5.22. The summed E-state index contributed by atoms with van der Waals surface area (Å²) in [5.41, 5.74) is 1.99. The predicted octanol–water partition coefficient (Wildman–Crippen LogP) is 4.08. The molecule has 0 aliphatic heterocycles. The van der Waals surface area contributed by atoms with E-state index >= 15 is 0 Å². The Bertz CT molecular complexity index is 628. The number of esters is 1. The number of halogens is 1.